The van der Waals surface area contributed by atoms with E-state index in [1.807, 2.05) is 30.3 Å². The fourth-order valence-corrected chi connectivity index (χ4v) is 2.29. The van der Waals surface area contributed by atoms with Gasteiger partial charge in [0.05, 0.1) is 11.9 Å². The number of nitrogens with one attached hydrogen (secondary N) is 2. The van der Waals surface area contributed by atoms with Gasteiger partial charge in [-0.3, -0.25) is 4.79 Å². The number of carbonyl (C=O) groups is 1. The van der Waals surface area contributed by atoms with Crippen LogP contribution >= 0.6 is 11.6 Å². The summed E-state index contributed by atoms with van der Waals surface area (Å²) in [4.78, 5) is 16.2. The zero-order valence-corrected chi connectivity index (χ0v) is 13.9. The minimum Gasteiger partial charge on any atom is -0.380 e. The van der Waals surface area contributed by atoms with E-state index in [1.165, 1.54) is 24.3 Å². The maximum Gasteiger partial charge on any atom is 0.256 e. The first-order chi connectivity index (χ1) is 12.1. The zero-order valence-electron chi connectivity index (χ0n) is 13.2. The lowest BCUT2D eigenvalue weighted by Crippen LogP contribution is -2.13. The molecule has 0 atom stereocenters. The molecule has 0 saturated heterocycles. The molecule has 3 aromatic rings. The molecule has 0 aliphatic carbocycles. The third-order valence-electron chi connectivity index (χ3n) is 3.52. The van der Waals surface area contributed by atoms with E-state index >= 15 is 0 Å². The second-order valence-electron chi connectivity index (χ2n) is 5.37. The maximum atomic E-state index is 12.9. The average Bonchev–Trinajstić information content (AvgIpc) is 2.63. The van der Waals surface area contributed by atoms with Crippen molar-refractivity contribution in [2.75, 3.05) is 10.6 Å². The van der Waals surface area contributed by atoms with Crippen LogP contribution in [0.15, 0.2) is 66.9 Å². The van der Waals surface area contributed by atoms with Gasteiger partial charge < -0.3 is 10.6 Å². The molecule has 3 rings (SSSR count). The Hall–Kier alpha value is -2.92. The highest BCUT2D eigenvalue weighted by molar-refractivity contribution is 6.30. The summed E-state index contributed by atoms with van der Waals surface area (Å²) in [5.41, 5.74) is 2.29. The number of halogens is 2. The van der Waals surface area contributed by atoms with Crippen molar-refractivity contribution in [1.29, 1.82) is 0 Å². The Morgan fingerprint density at radius 1 is 1.00 bits per heavy atom. The normalized spacial score (nSPS) is 10.3. The van der Waals surface area contributed by atoms with Gasteiger partial charge in [-0.2, -0.15) is 0 Å². The highest BCUT2D eigenvalue weighted by Gasteiger charge is 2.07. The van der Waals surface area contributed by atoms with E-state index in [4.69, 9.17) is 11.6 Å². The molecule has 6 heteroatoms. The second-order valence-corrected chi connectivity index (χ2v) is 5.81. The van der Waals surface area contributed by atoms with E-state index in [0.717, 1.165) is 11.3 Å². The van der Waals surface area contributed by atoms with Crippen LogP contribution in [0.1, 0.15) is 15.9 Å². The van der Waals surface area contributed by atoms with E-state index in [-0.39, 0.29) is 11.7 Å². The van der Waals surface area contributed by atoms with Crippen LogP contribution in [0.3, 0.4) is 0 Å². The molecule has 0 spiro atoms. The highest BCUT2D eigenvalue weighted by Crippen LogP contribution is 2.14. The first-order valence-electron chi connectivity index (χ1n) is 7.61. The molecule has 4 nitrogen and oxygen atoms in total. The summed E-state index contributed by atoms with van der Waals surface area (Å²) < 4.78 is 12.9. The Balaban J connectivity index is 1.57. The van der Waals surface area contributed by atoms with Crippen molar-refractivity contribution in [3.63, 3.8) is 0 Å². The largest absolute Gasteiger partial charge is 0.380 e. The summed E-state index contributed by atoms with van der Waals surface area (Å²) >= 11 is 5.86. The number of hydrogen-bond donors (Lipinski definition) is 2. The van der Waals surface area contributed by atoms with Crippen LogP contribution in [0.5, 0.6) is 0 Å². The van der Waals surface area contributed by atoms with Gasteiger partial charge in [-0.05, 0) is 54.1 Å². The SMILES string of the molecule is O=C(Nc1ccc(NCc2ccc(Cl)cc2)cn1)c1ccc(F)cc1. The molecule has 126 valence electrons. The lowest BCUT2D eigenvalue weighted by atomic mass is 10.2. The van der Waals surface area contributed by atoms with Crippen molar-refractivity contribution in [2.24, 2.45) is 0 Å². The van der Waals surface area contributed by atoms with Crippen LogP contribution in [0, 0.1) is 5.82 Å². The maximum absolute atomic E-state index is 12.9. The van der Waals surface area contributed by atoms with Crippen LogP contribution in [0.25, 0.3) is 0 Å². The van der Waals surface area contributed by atoms with Crippen molar-refractivity contribution < 1.29 is 9.18 Å². The molecule has 2 N–H and O–H groups in total. The van der Waals surface area contributed by atoms with E-state index in [0.29, 0.717) is 22.9 Å². The second kappa shape index (κ2) is 7.77. The molecule has 0 unspecified atom stereocenters. The molecule has 0 bridgehead atoms. The number of nitrogens with zero attached hydrogens (tertiary/aromatic N) is 1. The highest BCUT2D eigenvalue weighted by atomic mass is 35.5. The standard InChI is InChI=1S/C19H15ClFN3O/c20-15-5-1-13(2-6-15)11-22-17-9-10-18(23-12-17)24-19(25)14-3-7-16(21)8-4-14/h1-10,12,22H,11H2,(H,23,24,25). The quantitative estimate of drug-likeness (QED) is 0.695. The summed E-state index contributed by atoms with van der Waals surface area (Å²) in [6, 6.07) is 16.4. The smallest absolute Gasteiger partial charge is 0.256 e. The topological polar surface area (TPSA) is 54.0 Å². The Bertz CT molecular complexity index is 849. The summed E-state index contributed by atoms with van der Waals surface area (Å²) in [7, 11) is 0. The molecule has 1 aromatic heterocycles. The minimum atomic E-state index is -0.384. The van der Waals surface area contributed by atoms with Gasteiger partial charge in [-0.25, -0.2) is 9.37 Å². The summed E-state index contributed by atoms with van der Waals surface area (Å²) in [6.45, 7) is 0.639. The summed E-state index contributed by atoms with van der Waals surface area (Å²) in [5.74, 6) is -0.300. The molecule has 1 amide bonds. The van der Waals surface area contributed by atoms with Gasteiger partial charge in [0.15, 0.2) is 0 Å². The van der Waals surface area contributed by atoms with E-state index in [9.17, 15) is 9.18 Å². The van der Waals surface area contributed by atoms with E-state index in [2.05, 4.69) is 15.6 Å². The van der Waals surface area contributed by atoms with Crippen LogP contribution in [0.2, 0.25) is 5.02 Å². The molecule has 2 aromatic carbocycles. The average molecular weight is 356 g/mol. The fourth-order valence-electron chi connectivity index (χ4n) is 2.17. The van der Waals surface area contributed by atoms with Gasteiger partial charge in [0.25, 0.3) is 5.91 Å². The molecular weight excluding hydrogens is 341 g/mol. The molecule has 0 fully saturated rings. The van der Waals surface area contributed by atoms with E-state index in [1.54, 1.807) is 12.3 Å². The fraction of sp³-hybridized carbons (Fsp3) is 0.0526. The first kappa shape index (κ1) is 16.9. The van der Waals surface area contributed by atoms with Crippen molar-refractivity contribution in [3.8, 4) is 0 Å². The molecule has 0 saturated carbocycles. The van der Waals surface area contributed by atoms with Gasteiger partial charge in [0, 0.05) is 17.1 Å². The van der Waals surface area contributed by atoms with Crippen LogP contribution in [0.4, 0.5) is 15.9 Å². The Labute approximate surface area is 149 Å². The molecule has 0 aliphatic rings. The molecular formula is C19H15ClFN3O. The number of pyridine rings is 1. The Morgan fingerprint density at radius 2 is 1.72 bits per heavy atom. The minimum absolute atomic E-state index is 0.339. The third-order valence-corrected chi connectivity index (χ3v) is 3.77. The van der Waals surface area contributed by atoms with Gasteiger partial charge in [0.2, 0.25) is 0 Å². The van der Waals surface area contributed by atoms with Gasteiger partial charge in [-0.15, -0.1) is 0 Å². The number of aromatic nitrogens is 1. The number of rotatable bonds is 5. The number of hydrogen-bond acceptors (Lipinski definition) is 3. The Kier molecular flexibility index (Phi) is 5.26. The molecule has 1 heterocycles. The van der Waals surface area contributed by atoms with Gasteiger partial charge >= 0.3 is 0 Å². The number of benzene rings is 2. The zero-order chi connectivity index (χ0) is 17.6. The predicted octanol–water partition coefficient (Wildman–Crippen LogP) is 4.74. The summed E-state index contributed by atoms with van der Waals surface area (Å²) in [6.07, 6.45) is 1.64. The van der Waals surface area contributed by atoms with Crippen LogP contribution < -0.4 is 10.6 Å². The van der Waals surface area contributed by atoms with Gasteiger partial charge in [0.1, 0.15) is 11.6 Å². The van der Waals surface area contributed by atoms with Crippen LogP contribution in [-0.2, 0) is 6.54 Å². The third kappa shape index (κ3) is 4.78. The van der Waals surface area contributed by atoms with Crippen molar-refractivity contribution in [1.82, 2.24) is 4.98 Å². The lowest BCUT2D eigenvalue weighted by Gasteiger charge is -2.08. The number of amides is 1. The number of carbonyl (C=O) groups excluding carboxylic acids is 1. The Morgan fingerprint density at radius 3 is 2.36 bits per heavy atom. The number of anilines is 2. The van der Waals surface area contributed by atoms with E-state index < -0.39 is 0 Å². The molecule has 0 aliphatic heterocycles. The predicted molar refractivity (Wildman–Crippen MR) is 97.4 cm³/mol. The summed E-state index contributed by atoms with van der Waals surface area (Å²) in [5, 5.41) is 6.61. The first-order valence-corrected chi connectivity index (χ1v) is 7.99. The molecule has 0 radical (unpaired) electrons. The van der Waals surface area contributed by atoms with Crippen molar-refractivity contribution in [2.45, 2.75) is 6.54 Å². The van der Waals surface area contributed by atoms with Crippen LogP contribution in [-0.4, -0.2) is 10.9 Å². The lowest BCUT2D eigenvalue weighted by molar-refractivity contribution is 0.102. The van der Waals surface area contributed by atoms with Crippen molar-refractivity contribution >= 4 is 29.0 Å². The van der Waals surface area contributed by atoms with Gasteiger partial charge in [-0.1, -0.05) is 23.7 Å². The molecule has 25 heavy (non-hydrogen) atoms. The van der Waals surface area contributed by atoms with Crippen molar-refractivity contribution in [3.05, 3.63) is 88.8 Å². The monoisotopic (exact) mass is 355 g/mol.